The highest BCUT2D eigenvalue weighted by molar-refractivity contribution is 8.02. The van der Waals surface area contributed by atoms with Gasteiger partial charge in [-0.2, -0.15) is 0 Å². The predicted octanol–water partition coefficient (Wildman–Crippen LogP) is 1.14. The van der Waals surface area contributed by atoms with Crippen molar-refractivity contribution in [1.29, 1.82) is 0 Å². The Kier molecular flexibility index (Phi) is 5.87. The first-order chi connectivity index (χ1) is 14.5. The number of urea groups is 1. The van der Waals surface area contributed by atoms with Crippen molar-refractivity contribution in [2.24, 2.45) is 0 Å². The van der Waals surface area contributed by atoms with Crippen molar-refractivity contribution in [3.63, 3.8) is 0 Å². The summed E-state index contributed by atoms with van der Waals surface area (Å²) in [4.78, 5) is 43.3. The number of anilines is 1. The van der Waals surface area contributed by atoms with Crippen molar-refractivity contribution in [1.82, 2.24) is 19.8 Å². The summed E-state index contributed by atoms with van der Waals surface area (Å²) in [7, 11) is 0. The monoisotopic (exact) mass is 431 g/mol. The molecule has 0 aliphatic carbocycles. The summed E-state index contributed by atoms with van der Waals surface area (Å²) in [6.45, 7) is 7.02. The summed E-state index contributed by atoms with van der Waals surface area (Å²) in [6.07, 6.45) is 0. The third kappa shape index (κ3) is 3.61. The SMILES string of the molecule is CCOc1ccccc1N1CCN(C(=O)C2=C3NC(=O)N(CC)C(=O)C3NS2)CC1. The molecule has 0 saturated carbocycles. The molecule has 3 aliphatic heterocycles. The number of likely N-dealkylation sites (N-methyl/N-ethyl adjacent to an activating group) is 1. The molecule has 3 aliphatic rings. The topological polar surface area (TPSA) is 94.2 Å². The number of para-hydroxylation sites is 2. The highest BCUT2D eigenvalue weighted by atomic mass is 32.2. The van der Waals surface area contributed by atoms with E-state index in [0.29, 0.717) is 43.4 Å². The summed E-state index contributed by atoms with van der Waals surface area (Å²) >= 11 is 1.12. The van der Waals surface area contributed by atoms with Crippen molar-refractivity contribution < 1.29 is 19.1 Å². The van der Waals surface area contributed by atoms with E-state index in [0.717, 1.165) is 28.3 Å². The molecule has 0 bridgehead atoms. The number of carbonyl (C=O) groups excluding carboxylic acids is 3. The van der Waals surface area contributed by atoms with Gasteiger partial charge in [0.15, 0.2) is 0 Å². The van der Waals surface area contributed by atoms with Crippen LogP contribution < -0.4 is 19.7 Å². The van der Waals surface area contributed by atoms with E-state index >= 15 is 0 Å². The second-order valence-electron chi connectivity index (χ2n) is 7.09. The van der Waals surface area contributed by atoms with E-state index in [1.807, 2.05) is 31.2 Å². The molecule has 2 N–H and O–H groups in total. The molecule has 1 unspecified atom stereocenters. The zero-order chi connectivity index (χ0) is 21.3. The number of piperazine rings is 1. The van der Waals surface area contributed by atoms with Crippen molar-refractivity contribution in [2.45, 2.75) is 19.9 Å². The number of nitrogens with one attached hydrogen (secondary N) is 2. The van der Waals surface area contributed by atoms with Gasteiger partial charge in [-0.15, -0.1) is 0 Å². The van der Waals surface area contributed by atoms with Gasteiger partial charge in [0.05, 0.1) is 18.0 Å². The molecule has 0 radical (unpaired) electrons. The zero-order valence-electron chi connectivity index (χ0n) is 17.0. The van der Waals surface area contributed by atoms with Crippen LogP contribution in [0.3, 0.4) is 0 Å². The lowest BCUT2D eigenvalue weighted by atomic mass is 10.1. The minimum atomic E-state index is -0.689. The number of ether oxygens (including phenoxy) is 1. The third-order valence-electron chi connectivity index (χ3n) is 5.40. The second-order valence-corrected chi connectivity index (χ2v) is 7.94. The first-order valence-corrected chi connectivity index (χ1v) is 10.9. The Morgan fingerprint density at radius 3 is 2.60 bits per heavy atom. The van der Waals surface area contributed by atoms with Gasteiger partial charge in [-0.05, 0) is 37.9 Å². The fourth-order valence-electron chi connectivity index (χ4n) is 3.85. The van der Waals surface area contributed by atoms with Crippen LogP contribution in [0, 0.1) is 0 Å². The van der Waals surface area contributed by atoms with Gasteiger partial charge in [0.25, 0.3) is 11.8 Å². The molecule has 2 fully saturated rings. The molecule has 160 valence electrons. The molecule has 9 nitrogen and oxygen atoms in total. The third-order valence-corrected chi connectivity index (χ3v) is 6.35. The molecule has 4 rings (SSSR count). The van der Waals surface area contributed by atoms with Gasteiger partial charge in [-0.25, -0.2) is 9.52 Å². The fourth-order valence-corrected chi connectivity index (χ4v) is 4.80. The molecule has 10 heteroatoms. The summed E-state index contributed by atoms with van der Waals surface area (Å²) in [5.41, 5.74) is 1.39. The predicted molar refractivity (Wildman–Crippen MR) is 114 cm³/mol. The minimum absolute atomic E-state index is 0.166. The van der Waals surface area contributed by atoms with E-state index in [1.165, 1.54) is 0 Å². The second kappa shape index (κ2) is 8.57. The van der Waals surface area contributed by atoms with Crippen LogP contribution in [0.15, 0.2) is 34.9 Å². The molecule has 1 atom stereocenters. The first kappa shape index (κ1) is 20.5. The normalized spacial score (nSPS) is 21.7. The minimum Gasteiger partial charge on any atom is -0.492 e. The van der Waals surface area contributed by atoms with Gasteiger partial charge >= 0.3 is 6.03 Å². The molecule has 2 saturated heterocycles. The highest BCUT2D eigenvalue weighted by Gasteiger charge is 2.44. The summed E-state index contributed by atoms with van der Waals surface area (Å²) in [5.74, 6) is 0.344. The Morgan fingerprint density at radius 1 is 1.17 bits per heavy atom. The van der Waals surface area contributed by atoms with Crippen LogP contribution in [0.2, 0.25) is 0 Å². The number of fused-ring (bicyclic) bond motifs is 1. The van der Waals surface area contributed by atoms with Crippen LogP contribution in [-0.2, 0) is 9.59 Å². The summed E-state index contributed by atoms with van der Waals surface area (Å²) < 4.78 is 8.71. The lowest BCUT2D eigenvalue weighted by Gasteiger charge is -2.37. The largest absolute Gasteiger partial charge is 0.492 e. The number of carbonyl (C=O) groups is 3. The van der Waals surface area contributed by atoms with E-state index in [2.05, 4.69) is 14.9 Å². The lowest BCUT2D eigenvalue weighted by molar-refractivity contribution is -0.129. The van der Waals surface area contributed by atoms with Crippen molar-refractivity contribution in [2.75, 3.05) is 44.2 Å². The van der Waals surface area contributed by atoms with E-state index in [4.69, 9.17) is 4.74 Å². The van der Waals surface area contributed by atoms with Gasteiger partial charge in [0.1, 0.15) is 16.7 Å². The summed E-state index contributed by atoms with van der Waals surface area (Å²) in [6, 6.07) is 6.73. The number of hydrogen-bond donors (Lipinski definition) is 2. The number of rotatable bonds is 5. The van der Waals surface area contributed by atoms with E-state index in [1.54, 1.807) is 11.8 Å². The summed E-state index contributed by atoms with van der Waals surface area (Å²) in [5, 5.41) is 2.72. The maximum Gasteiger partial charge on any atom is 0.328 e. The van der Waals surface area contributed by atoms with Gasteiger partial charge in [0.2, 0.25) is 0 Å². The molecule has 0 aromatic heterocycles. The molecule has 0 spiro atoms. The Bertz CT molecular complexity index is 897. The lowest BCUT2D eigenvalue weighted by Crippen LogP contribution is -2.58. The quantitative estimate of drug-likeness (QED) is 0.675. The van der Waals surface area contributed by atoms with Crippen molar-refractivity contribution in [3.8, 4) is 5.75 Å². The zero-order valence-corrected chi connectivity index (χ0v) is 17.8. The molecule has 4 amide bonds. The fraction of sp³-hybridized carbons (Fsp3) is 0.450. The van der Waals surface area contributed by atoms with Crippen LogP contribution in [-0.4, -0.2) is 73.0 Å². The van der Waals surface area contributed by atoms with E-state index in [-0.39, 0.29) is 18.4 Å². The van der Waals surface area contributed by atoms with E-state index < -0.39 is 12.1 Å². The van der Waals surface area contributed by atoms with Gasteiger partial charge in [-0.1, -0.05) is 12.1 Å². The van der Waals surface area contributed by atoms with Crippen molar-refractivity contribution in [3.05, 3.63) is 34.9 Å². The average Bonchev–Trinajstić information content (AvgIpc) is 3.18. The van der Waals surface area contributed by atoms with Crippen LogP contribution in [0.25, 0.3) is 0 Å². The standard InChI is InChI=1S/C20H25N5O4S/c1-3-25-18(26)16-15(21-20(25)28)17(30-22-16)19(27)24-11-9-23(10-12-24)13-7-5-6-8-14(13)29-4-2/h5-8,16,22H,3-4,9-12H2,1-2H3,(H,21,28). The molecule has 1 aromatic rings. The average molecular weight is 432 g/mol. The number of benzene rings is 1. The highest BCUT2D eigenvalue weighted by Crippen LogP contribution is 2.33. The Balaban J connectivity index is 1.45. The van der Waals surface area contributed by atoms with Crippen LogP contribution in [0.1, 0.15) is 13.8 Å². The Morgan fingerprint density at radius 2 is 1.90 bits per heavy atom. The van der Waals surface area contributed by atoms with Gasteiger partial charge in [-0.3, -0.25) is 14.5 Å². The van der Waals surface area contributed by atoms with Gasteiger partial charge < -0.3 is 19.9 Å². The molecule has 30 heavy (non-hydrogen) atoms. The molecular weight excluding hydrogens is 406 g/mol. The number of nitrogens with zero attached hydrogens (tertiary/aromatic N) is 3. The number of imide groups is 1. The maximum absolute atomic E-state index is 13.1. The molecule has 1 aromatic carbocycles. The Labute approximate surface area is 179 Å². The maximum atomic E-state index is 13.1. The Hall–Kier alpha value is -2.72. The molecular formula is C20H25N5O4S. The van der Waals surface area contributed by atoms with Crippen LogP contribution in [0.4, 0.5) is 10.5 Å². The van der Waals surface area contributed by atoms with Crippen molar-refractivity contribution >= 4 is 35.5 Å². The van der Waals surface area contributed by atoms with Crippen LogP contribution in [0.5, 0.6) is 5.75 Å². The number of hydrogen-bond acceptors (Lipinski definition) is 7. The smallest absolute Gasteiger partial charge is 0.328 e. The number of amides is 4. The molecule has 3 heterocycles. The first-order valence-electron chi connectivity index (χ1n) is 10.1. The van der Waals surface area contributed by atoms with Gasteiger partial charge in [0, 0.05) is 32.7 Å². The van der Waals surface area contributed by atoms with E-state index in [9.17, 15) is 14.4 Å². The van der Waals surface area contributed by atoms with Crippen LogP contribution >= 0.6 is 11.9 Å².